The number of aryl methyl sites for hydroxylation is 1. The fourth-order valence-corrected chi connectivity index (χ4v) is 1.82. The van der Waals surface area contributed by atoms with Crippen LogP contribution in [-0.4, -0.2) is 10.9 Å². The minimum atomic E-state index is -0.516. The lowest BCUT2D eigenvalue weighted by Gasteiger charge is -2.09. The standard InChI is InChI=1S/C13H9BrF2N2O/c1-7-4-10(16)9(14)5-12(7)18-13(19)11-3-2-8(15)6-17-11/h2-6H,1H3,(H,18,19). The average molecular weight is 327 g/mol. The van der Waals surface area contributed by atoms with Gasteiger partial charge in [-0.15, -0.1) is 0 Å². The first-order valence-electron chi connectivity index (χ1n) is 5.36. The Morgan fingerprint density at radius 2 is 2.05 bits per heavy atom. The van der Waals surface area contributed by atoms with E-state index in [0.717, 1.165) is 12.3 Å². The van der Waals surface area contributed by atoms with Gasteiger partial charge in [0.25, 0.3) is 5.91 Å². The molecule has 0 aliphatic heterocycles. The lowest BCUT2D eigenvalue weighted by molar-refractivity contribution is 0.102. The maximum Gasteiger partial charge on any atom is 0.274 e. The summed E-state index contributed by atoms with van der Waals surface area (Å²) in [7, 11) is 0. The summed E-state index contributed by atoms with van der Waals surface area (Å²) in [6.07, 6.45) is 0.961. The number of hydrogen-bond acceptors (Lipinski definition) is 2. The van der Waals surface area contributed by atoms with Gasteiger partial charge in [-0.3, -0.25) is 4.79 Å². The summed E-state index contributed by atoms with van der Waals surface area (Å²) < 4.78 is 26.2. The number of halogens is 3. The molecule has 98 valence electrons. The fourth-order valence-electron chi connectivity index (χ4n) is 1.48. The molecule has 1 aromatic heterocycles. The molecule has 2 rings (SSSR count). The quantitative estimate of drug-likeness (QED) is 0.914. The van der Waals surface area contributed by atoms with Crippen LogP contribution in [0.3, 0.4) is 0 Å². The van der Waals surface area contributed by atoms with E-state index in [4.69, 9.17) is 0 Å². The smallest absolute Gasteiger partial charge is 0.274 e. The molecule has 0 unspecified atom stereocenters. The van der Waals surface area contributed by atoms with E-state index in [1.807, 2.05) is 0 Å². The summed E-state index contributed by atoms with van der Waals surface area (Å²) in [5.41, 5.74) is 1.13. The van der Waals surface area contributed by atoms with Crippen LogP contribution in [0.15, 0.2) is 34.9 Å². The highest BCUT2D eigenvalue weighted by Gasteiger charge is 2.11. The van der Waals surface area contributed by atoms with Crippen molar-refractivity contribution in [1.29, 1.82) is 0 Å². The van der Waals surface area contributed by atoms with Gasteiger partial charge in [-0.2, -0.15) is 0 Å². The summed E-state index contributed by atoms with van der Waals surface area (Å²) in [6, 6.07) is 5.19. The lowest BCUT2D eigenvalue weighted by Crippen LogP contribution is -2.14. The number of aromatic nitrogens is 1. The van der Waals surface area contributed by atoms with Gasteiger partial charge >= 0.3 is 0 Å². The van der Waals surface area contributed by atoms with Gasteiger partial charge in [0, 0.05) is 5.69 Å². The van der Waals surface area contributed by atoms with Crippen LogP contribution in [0, 0.1) is 18.6 Å². The van der Waals surface area contributed by atoms with Crippen molar-refractivity contribution in [2.45, 2.75) is 6.92 Å². The van der Waals surface area contributed by atoms with Crippen molar-refractivity contribution >= 4 is 27.5 Å². The zero-order chi connectivity index (χ0) is 14.0. The predicted octanol–water partition coefficient (Wildman–Crippen LogP) is 3.68. The Morgan fingerprint density at radius 1 is 1.32 bits per heavy atom. The van der Waals surface area contributed by atoms with Gasteiger partial charge in [0.15, 0.2) is 0 Å². The second kappa shape index (κ2) is 5.44. The van der Waals surface area contributed by atoms with Crippen molar-refractivity contribution in [3.8, 4) is 0 Å². The van der Waals surface area contributed by atoms with Gasteiger partial charge in [-0.05, 0) is 52.7 Å². The van der Waals surface area contributed by atoms with E-state index in [-0.39, 0.29) is 10.2 Å². The van der Waals surface area contributed by atoms with E-state index in [9.17, 15) is 13.6 Å². The van der Waals surface area contributed by atoms with Crippen LogP contribution in [-0.2, 0) is 0 Å². The SMILES string of the molecule is Cc1cc(F)c(Br)cc1NC(=O)c1ccc(F)cn1. The number of hydrogen-bond donors (Lipinski definition) is 1. The molecule has 0 radical (unpaired) electrons. The molecule has 0 fully saturated rings. The van der Waals surface area contributed by atoms with E-state index in [0.29, 0.717) is 11.3 Å². The molecule has 0 aliphatic rings. The van der Waals surface area contributed by atoms with Crippen LogP contribution >= 0.6 is 15.9 Å². The van der Waals surface area contributed by atoms with E-state index < -0.39 is 17.5 Å². The van der Waals surface area contributed by atoms with Crippen LogP contribution in [0.5, 0.6) is 0 Å². The van der Waals surface area contributed by atoms with Crippen LogP contribution in [0.2, 0.25) is 0 Å². The Labute approximate surface area is 116 Å². The predicted molar refractivity (Wildman–Crippen MR) is 71.0 cm³/mol. The Hall–Kier alpha value is -1.82. The van der Waals surface area contributed by atoms with E-state index in [1.54, 1.807) is 6.92 Å². The number of rotatable bonds is 2. The summed E-state index contributed by atoms with van der Waals surface area (Å²) in [6.45, 7) is 1.67. The Balaban J connectivity index is 2.24. The zero-order valence-corrected chi connectivity index (χ0v) is 11.5. The normalized spacial score (nSPS) is 10.3. The minimum Gasteiger partial charge on any atom is -0.320 e. The Kier molecular flexibility index (Phi) is 3.90. The van der Waals surface area contributed by atoms with Gasteiger partial charge in [0.1, 0.15) is 17.3 Å². The molecule has 1 N–H and O–H groups in total. The second-order valence-corrected chi connectivity index (χ2v) is 4.75. The van der Waals surface area contributed by atoms with Gasteiger partial charge in [-0.25, -0.2) is 13.8 Å². The first-order chi connectivity index (χ1) is 8.97. The van der Waals surface area contributed by atoms with Crippen LogP contribution in [0.1, 0.15) is 16.1 Å². The van der Waals surface area contributed by atoms with E-state index in [2.05, 4.69) is 26.2 Å². The van der Waals surface area contributed by atoms with Gasteiger partial charge in [-0.1, -0.05) is 0 Å². The first kappa shape index (κ1) is 13.6. The summed E-state index contributed by atoms with van der Waals surface area (Å²) >= 11 is 3.04. The average Bonchev–Trinajstić information content (AvgIpc) is 2.36. The number of carbonyl (C=O) groups is 1. The highest BCUT2D eigenvalue weighted by atomic mass is 79.9. The van der Waals surface area contributed by atoms with Gasteiger partial charge in [0.05, 0.1) is 10.7 Å². The van der Waals surface area contributed by atoms with Crippen molar-refractivity contribution in [3.63, 3.8) is 0 Å². The lowest BCUT2D eigenvalue weighted by atomic mass is 10.2. The van der Waals surface area contributed by atoms with Crippen LogP contribution in [0.4, 0.5) is 14.5 Å². The van der Waals surface area contributed by atoms with Crippen molar-refractivity contribution < 1.29 is 13.6 Å². The van der Waals surface area contributed by atoms with E-state index in [1.165, 1.54) is 18.2 Å². The molecule has 1 heterocycles. The number of amides is 1. The third-order valence-electron chi connectivity index (χ3n) is 2.48. The zero-order valence-electron chi connectivity index (χ0n) is 9.88. The maximum atomic E-state index is 13.3. The second-order valence-electron chi connectivity index (χ2n) is 3.90. The highest BCUT2D eigenvalue weighted by Crippen LogP contribution is 2.24. The molecule has 0 saturated heterocycles. The molecule has 6 heteroatoms. The van der Waals surface area contributed by atoms with Crippen LogP contribution < -0.4 is 5.32 Å². The number of nitrogens with one attached hydrogen (secondary N) is 1. The number of nitrogens with zero attached hydrogens (tertiary/aromatic N) is 1. The Bertz CT molecular complexity index is 629. The highest BCUT2D eigenvalue weighted by molar-refractivity contribution is 9.10. The number of anilines is 1. The molecule has 19 heavy (non-hydrogen) atoms. The molecule has 0 atom stereocenters. The number of benzene rings is 1. The third-order valence-corrected chi connectivity index (χ3v) is 3.08. The Morgan fingerprint density at radius 3 is 2.68 bits per heavy atom. The largest absolute Gasteiger partial charge is 0.320 e. The summed E-state index contributed by atoms with van der Waals surface area (Å²) in [5, 5.41) is 2.59. The van der Waals surface area contributed by atoms with Crippen molar-refractivity contribution in [2.24, 2.45) is 0 Å². The maximum absolute atomic E-state index is 13.3. The molecule has 0 bridgehead atoms. The molecule has 0 aliphatic carbocycles. The van der Waals surface area contributed by atoms with E-state index >= 15 is 0 Å². The van der Waals surface area contributed by atoms with Crippen molar-refractivity contribution in [3.05, 3.63) is 57.8 Å². The molecular formula is C13H9BrF2N2O. The van der Waals surface area contributed by atoms with Gasteiger partial charge in [0.2, 0.25) is 0 Å². The number of carbonyl (C=O) groups excluding carboxylic acids is 1. The van der Waals surface area contributed by atoms with Crippen molar-refractivity contribution in [2.75, 3.05) is 5.32 Å². The molecule has 2 aromatic rings. The molecular weight excluding hydrogens is 318 g/mol. The topological polar surface area (TPSA) is 42.0 Å². The van der Waals surface area contributed by atoms with Crippen molar-refractivity contribution in [1.82, 2.24) is 4.98 Å². The molecule has 1 amide bonds. The molecule has 3 nitrogen and oxygen atoms in total. The monoisotopic (exact) mass is 326 g/mol. The molecule has 1 aromatic carbocycles. The fraction of sp³-hybridized carbons (Fsp3) is 0.0769. The molecule has 0 spiro atoms. The first-order valence-corrected chi connectivity index (χ1v) is 6.15. The van der Waals surface area contributed by atoms with Gasteiger partial charge < -0.3 is 5.32 Å². The molecule has 0 saturated carbocycles. The summed E-state index contributed by atoms with van der Waals surface area (Å²) in [4.78, 5) is 15.5. The number of pyridine rings is 1. The summed E-state index contributed by atoms with van der Waals surface area (Å²) in [5.74, 6) is -1.41. The van der Waals surface area contributed by atoms with Crippen LogP contribution in [0.25, 0.3) is 0 Å². The minimum absolute atomic E-state index is 0.0845. The third kappa shape index (κ3) is 3.14.